The molecule has 0 fully saturated rings. The average molecular weight is 521 g/mol. The summed E-state index contributed by atoms with van der Waals surface area (Å²) >= 11 is 4.11. The van der Waals surface area contributed by atoms with Gasteiger partial charge in [-0.05, 0) is 52.6 Å². The van der Waals surface area contributed by atoms with Crippen molar-refractivity contribution in [1.82, 2.24) is 4.31 Å². The van der Waals surface area contributed by atoms with E-state index in [4.69, 9.17) is 21.4 Å². The molecule has 0 bridgehead atoms. The van der Waals surface area contributed by atoms with Crippen molar-refractivity contribution < 1.29 is 23.4 Å². The number of hydrogen-bond acceptors (Lipinski definition) is 4. The van der Waals surface area contributed by atoms with Gasteiger partial charge in [-0.2, -0.15) is 0 Å². The molecule has 0 saturated carbocycles. The molecule has 0 heterocycles. The highest BCUT2D eigenvalue weighted by Crippen LogP contribution is 2.31. The van der Waals surface area contributed by atoms with E-state index in [2.05, 4.69) is 0 Å². The number of hydrogen-bond donors (Lipinski definition) is 1. The molecule has 1 N–H and O–H groups in total. The molecule has 36 heavy (non-hydrogen) atoms. The average Bonchev–Trinajstić information content (AvgIpc) is 2.86. The molecule has 0 aliphatic heterocycles. The normalized spacial score (nSPS) is 11.9. The molecule has 4 aromatic rings. The molecule has 0 spiro atoms. The van der Waals surface area contributed by atoms with Gasteiger partial charge in [-0.15, -0.1) is 0 Å². The third kappa shape index (κ3) is 7.02. The van der Waals surface area contributed by atoms with Crippen molar-refractivity contribution in [3.8, 4) is 22.6 Å². The summed E-state index contributed by atoms with van der Waals surface area (Å²) in [6, 6.07) is 29.4. The Kier molecular flexibility index (Phi) is 8.51. The Morgan fingerprint density at radius 2 is 1.42 bits per heavy atom. The number of carboxylic acids is 1. The molecule has 1 atom stereocenters. The Hall–Kier alpha value is -3.49. The minimum atomic E-state index is -2.45. The van der Waals surface area contributed by atoms with E-state index in [1.807, 2.05) is 66.7 Å². The van der Waals surface area contributed by atoms with Gasteiger partial charge in [-0.3, -0.25) is 9.00 Å². The monoisotopic (exact) mass is 520 g/mol. The topological polar surface area (TPSA) is 89.9 Å². The highest BCUT2D eigenvalue weighted by molar-refractivity contribution is 7.76. The summed E-state index contributed by atoms with van der Waals surface area (Å²) in [5.41, 5.74) is 3.91. The van der Waals surface area contributed by atoms with Crippen molar-refractivity contribution in [3.63, 3.8) is 0 Å². The van der Waals surface area contributed by atoms with Crippen LogP contribution in [-0.2, 0) is 35.6 Å². The number of rotatable bonds is 10. The summed E-state index contributed by atoms with van der Waals surface area (Å²) in [5, 5.41) is 9.41. The Morgan fingerprint density at radius 1 is 0.833 bits per heavy atom. The van der Waals surface area contributed by atoms with Crippen molar-refractivity contribution >= 4 is 28.8 Å². The van der Waals surface area contributed by atoms with Gasteiger partial charge >= 0.3 is 5.97 Å². The van der Waals surface area contributed by atoms with Gasteiger partial charge in [-0.25, -0.2) is 4.31 Å². The van der Waals surface area contributed by atoms with E-state index in [0.29, 0.717) is 16.3 Å². The van der Waals surface area contributed by atoms with Gasteiger partial charge in [0.05, 0.1) is 6.42 Å². The number of ether oxygens (including phenoxy) is 1. The first-order valence-electron chi connectivity index (χ1n) is 11.1. The van der Waals surface area contributed by atoms with Crippen LogP contribution in [0.1, 0.15) is 16.7 Å². The summed E-state index contributed by atoms with van der Waals surface area (Å²) in [4.78, 5) is 10.8. The first-order valence-corrected chi connectivity index (χ1v) is 12.5. The third-order valence-electron chi connectivity index (χ3n) is 5.48. The lowest BCUT2D eigenvalue weighted by Gasteiger charge is -2.24. The van der Waals surface area contributed by atoms with Crippen molar-refractivity contribution in [2.45, 2.75) is 19.5 Å². The lowest BCUT2D eigenvalue weighted by molar-refractivity contribution is -0.136. The summed E-state index contributed by atoms with van der Waals surface area (Å²) in [7, 11) is 0. The number of benzene rings is 4. The molecule has 4 rings (SSSR count). The fraction of sp³-hybridized carbons (Fsp3) is 0.107. The zero-order chi connectivity index (χ0) is 25.5. The third-order valence-corrected chi connectivity index (χ3v) is 6.48. The zero-order valence-corrected chi connectivity index (χ0v) is 20.7. The second-order valence-electron chi connectivity index (χ2n) is 8.16. The standard InChI is InChI=1S/C28H24ClNO5S/c29-27-16-22(19-30(36(33)34)18-21-8-6-20(7-9-21)17-28(31)32)10-15-26(27)23-11-13-25(14-12-23)35-24-4-2-1-3-5-24/h1-16H,17-19H2,(H,31,32)(H,33,34)/p-1. The summed E-state index contributed by atoms with van der Waals surface area (Å²) in [5.74, 6) is 0.549. The molecular weight excluding hydrogens is 498 g/mol. The minimum Gasteiger partial charge on any atom is -0.760 e. The number of para-hydroxylation sites is 1. The molecule has 0 radical (unpaired) electrons. The molecule has 0 aliphatic carbocycles. The second-order valence-corrected chi connectivity index (χ2v) is 9.51. The van der Waals surface area contributed by atoms with E-state index in [1.54, 1.807) is 30.3 Å². The molecule has 6 nitrogen and oxygen atoms in total. The summed E-state index contributed by atoms with van der Waals surface area (Å²) < 4.78 is 30.8. The van der Waals surface area contributed by atoms with Crippen LogP contribution < -0.4 is 4.74 Å². The van der Waals surface area contributed by atoms with Crippen LogP contribution in [0.5, 0.6) is 11.5 Å². The van der Waals surface area contributed by atoms with Crippen LogP contribution in [0.3, 0.4) is 0 Å². The fourth-order valence-corrected chi connectivity index (χ4v) is 4.55. The van der Waals surface area contributed by atoms with Gasteiger partial charge in [-0.1, -0.05) is 78.3 Å². The van der Waals surface area contributed by atoms with Crippen LogP contribution >= 0.6 is 11.6 Å². The lowest BCUT2D eigenvalue weighted by Crippen LogP contribution is -2.24. The summed E-state index contributed by atoms with van der Waals surface area (Å²) in [6.07, 6.45) is -0.0783. The van der Waals surface area contributed by atoms with E-state index in [1.165, 1.54) is 4.31 Å². The van der Waals surface area contributed by atoms with Crippen LogP contribution in [0.2, 0.25) is 5.02 Å². The van der Waals surface area contributed by atoms with Crippen molar-refractivity contribution in [1.29, 1.82) is 0 Å². The quantitative estimate of drug-likeness (QED) is 0.251. The Labute approximate surface area is 217 Å². The number of aliphatic carboxylic acids is 1. The van der Waals surface area contributed by atoms with E-state index in [0.717, 1.165) is 28.0 Å². The SMILES string of the molecule is O=C(O)Cc1ccc(CN(Cc2ccc(-c3ccc(Oc4ccccc4)cc3)c(Cl)c2)S(=O)[O-])cc1. The van der Waals surface area contributed by atoms with Crippen LogP contribution in [-0.4, -0.2) is 24.1 Å². The highest BCUT2D eigenvalue weighted by atomic mass is 35.5. The van der Waals surface area contributed by atoms with Crippen molar-refractivity contribution in [2.24, 2.45) is 0 Å². The van der Waals surface area contributed by atoms with Crippen molar-refractivity contribution in [2.75, 3.05) is 0 Å². The molecule has 184 valence electrons. The first-order chi connectivity index (χ1) is 17.4. The Morgan fingerprint density at radius 3 is 2.03 bits per heavy atom. The minimum absolute atomic E-state index is 0.0783. The van der Waals surface area contributed by atoms with Crippen LogP contribution in [0.25, 0.3) is 11.1 Å². The van der Waals surface area contributed by atoms with Crippen LogP contribution in [0, 0.1) is 0 Å². The maximum Gasteiger partial charge on any atom is 0.307 e. The highest BCUT2D eigenvalue weighted by Gasteiger charge is 2.11. The maximum atomic E-state index is 11.9. The fourth-order valence-electron chi connectivity index (χ4n) is 3.72. The lowest BCUT2D eigenvalue weighted by atomic mass is 10.0. The number of carbonyl (C=O) groups is 1. The molecular formula is C28H23ClNO5S-. The number of nitrogens with zero attached hydrogens (tertiary/aromatic N) is 1. The Balaban J connectivity index is 1.43. The van der Waals surface area contributed by atoms with E-state index in [-0.39, 0.29) is 19.5 Å². The van der Waals surface area contributed by atoms with Gasteiger partial charge in [0.2, 0.25) is 0 Å². The van der Waals surface area contributed by atoms with Crippen LogP contribution in [0.4, 0.5) is 0 Å². The molecule has 4 aromatic carbocycles. The largest absolute Gasteiger partial charge is 0.760 e. The van der Waals surface area contributed by atoms with Gasteiger partial charge < -0.3 is 14.4 Å². The van der Waals surface area contributed by atoms with Crippen LogP contribution in [0.15, 0.2) is 97.1 Å². The molecule has 1 unspecified atom stereocenters. The zero-order valence-electron chi connectivity index (χ0n) is 19.2. The number of halogens is 1. The summed E-state index contributed by atoms with van der Waals surface area (Å²) in [6.45, 7) is 0.308. The second kappa shape index (κ2) is 12.0. The first kappa shape index (κ1) is 25.6. The predicted octanol–water partition coefficient (Wildman–Crippen LogP) is 6.22. The maximum absolute atomic E-state index is 11.9. The van der Waals surface area contributed by atoms with E-state index >= 15 is 0 Å². The predicted molar refractivity (Wildman–Crippen MR) is 139 cm³/mol. The smallest absolute Gasteiger partial charge is 0.307 e. The van der Waals surface area contributed by atoms with E-state index < -0.39 is 17.2 Å². The molecule has 8 heteroatoms. The van der Waals surface area contributed by atoms with Gasteiger partial charge in [0.25, 0.3) is 0 Å². The molecule has 0 amide bonds. The van der Waals surface area contributed by atoms with Crippen molar-refractivity contribution in [3.05, 3.63) is 119 Å². The van der Waals surface area contributed by atoms with Gasteiger partial charge in [0.1, 0.15) is 11.5 Å². The molecule has 0 aromatic heterocycles. The van der Waals surface area contributed by atoms with Gasteiger partial charge in [0.15, 0.2) is 0 Å². The number of carboxylic acid groups (broad SMARTS) is 1. The van der Waals surface area contributed by atoms with Gasteiger partial charge in [0, 0.05) is 34.9 Å². The molecule has 0 saturated heterocycles. The Bertz CT molecular complexity index is 1340. The van der Waals surface area contributed by atoms with E-state index in [9.17, 15) is 13.6 Å². The molecule has 0 aliphatic rings.